The lowest BCUT2D eigenvalue weighted by Gasteiger charge is -2.20. The Hall–Kier alpha value is -2.10. The minimum Gasteiger partial charge on any atom is -0.360 e. The van der Waals surface area contributed by atoms with Gasteiger partial charge >= 0.3 is 0 Å². The maximum Gasteiger partial charge on any atom is 0.136 e. The predicted molar refractivity (Wildman–Crippen MR) is 103 cm³/mol. The fraction of sp³-hybridized carbons (Fsp3) is 0.500. The molecule has 24 heavy (non-hydrogen) atoms. The monoisotopic (exact) mass is 326 g/mol. The van der Waals surface area contributed by atoms with Crippen LogP contribution in [0.5, 0.6) is 0 Å². The summed E-state index contributed by atoms with van der Waals surface area (Å²) >= 11 is 0. The van der Waals surface area contributed by atoms with E-state index < -0.39 is 0 Å². The molecule has 2 aromatic rings. The average Bonchev–Trinajstić information content (AvgIpc) is 2.51. The molecule has 0 aliphatic heterocycles. The quantitative estimate of drug-likeness (QED) is 0.805. The summed E-state index contributed by atoms with van der Waals surface area (Å²) < 4.78 is 0. The van der Waals surface area contributed by atoms with Gasteiger partial charge in [0.15, 0.2) is 0 Å². The molecule has 0 aliphatic rings. The number of aryl methyl sites for hydroxylation is 1. The van der Waals surface area contributed by atoms with Crippen molar-refractivity contribution in [2.45, 2.75) is 52.9 Å². The van der Waals surface area contributed by atoms with Gasteiger partial charge in [0.05, 0.1) is 0 Å². The third-order valence-electron chi connectivity index (χ3n) is 4.09. The van der Waals surface area contributed by atoms with Gasteiger partial charge < -0.3 is 10.2 Å². The molecule has 1 N–H and O–H groups in total. The zero-order valence-corrected chi connectivity index (χ0v) is 15.8. The summed E-state index contributed by atoms with van der Waals surface area (Å²) in [5.41, 5.74) is 2.54. The van der Waals surface area contributed by atoms with Gasteiger partial charge in [-0.05, 0) is 36.5 Å². The van der Waals surface area contributed by atoms with Crippen LogP contribution in [0.1, 0.15) is 51.9 Å². The summed E-state index contributed by atoms with van der Waals surface area (Å²) in [6.45, 7) is 11.8. The Balaban J connectivity index is 2.16. The fourth-order valence-corrected chi connectivity index (χ4v) is 2.52. The molecule has 0 radical (unpaired) electrons. The van der Waals surface area contributed by atoms with Crippen LogP contribution in [0.3, 0.4) is 0 Å². The van der Waals surface area contributed by atoms with Crippen LogP contribution in [-0.2, 0) is 5.41 Å². The zero-order chi connectivity index (χ0) is 17.7. The van der Waals surface area contributed by atoms with E-state index in [4.69, 9.17) is 0 Å². The molecule has 0 atom stereocenters. The number of nitrogens with one attached hydrogen (secondary N) is 1. The summed E-state index contributed by atoms with van der Waals surface area (Å²) in [7, 11) is 2.08. The summed E-state index contributed by atoms with van der Waals surface area (Å²) in [6.07, 6.45) is 2.34. The van der Waals surface area contributed by atoms with Gasteiger partial charge in [-0.25, -0.2) is 9.97 Å². The van der Waals surface area contributed by atoms with Crippen LogP contribution in [0.4, 0.5) is 17.3 Å². The van der Waals surface area contributed by atoms with Crippen LogP contribution in [0.2, 0.25) is 0 Å². The third kappa shape index (κ3) is 4.95. The van der Waals surface area contributed by atoms with Crippen molar-refractivity contribution < 1.29 is 0 Å². The van der Waals surface area contributed by atoms with E-state index in [1.54, 1.807) is 0 Å². The molecule has 0 saturated heterocycles. The van der Waals surface area contributed by atoms with E-state index in [2.05, 4.69) is 79.2 Å². The first-order chi connectivity index (χ1) is 11.3. The minimum absolute atomic E-state index is 0.166. The molecule has 2 rings (SSSR count). The molecule has 4 nitrogen and oxygen atoms in total. The second kappa shape index (κ2) is 7.65. The Morgan fingerprint density at radius 1 is 1.08 bits per heavy atom. The first-order valence-corrected chi connectivity index (χ1v) is 8.74. The summed E-state index contributed by atoms with van der Waals surface area (Å²) in [4.78, 5) is 11.3. The van der Waals surface area contributed by atoms with Gasteiger partial charge in [-0.1, -0.05) is 46.2 Å². The zero-order valence-electron chi connectivity index (χ0n) is 15.8. The molecule has 0 saturated carbocycles. The largest absolute Gasteiger partial charge is 0.360 e. The Morgan fingerprint density at radius 2 is 1.75 bits per heavy atom. The van der Waals surface area contributed by atoms with Crippen LogP contribution in [0.25, 0.3) is 0 Å². The first kappa shape index (κ1) is 18.2. The maximum absolute atomic E-state index is 4.55. The number of anilines is 3. The second-order valence-corrected chi connectivity index (χ2v) is 7.39. The summed E-state index contributed by atoms with van der Waals surface area (Å²) in [5.74, 6) is 2.58. The molecule has 130 valence electrons. The highest BCUT2D eigenvalue weighted by molar-refractivity contribution is 5.60. The Bertz CT molecular complexity index is 656. The van der Waals surface area contributed by atoms with Crippen LogP contribution in [0, 0.1) is 6.92 Å². The number of hydrogen-bond donors (Lipinski definition) is 1. The Labute approximate surface area is 146 Å². The molecule has 0 bridgehead atoms. The molecule has 0 amide bonds. The van der Waals surface area contributed by atoms with Gasteiger partial charge in [0, 0.05) is 25.3 Å². The predicted octanol–water partition coefficient (Wildman–Crippen LogP) is 5.06. The van der Waals surface area contributed by atoms with Gasteiger partial charge in [-0.15, -0.1) is 0 Å². The van der Waals surface area contributed by atoms with E-state index in [1.807, 2.05) is 13.0 Å². The van der Waals surface area contributed by atoms with Gasteiger partial charge in [0.2, 0.25) is 0 Å². The van der Waals surface area contributed by atoms with Gasteiger partial charge in [0.25, 0.3) is 0 Å². The van der Waals surface area contributed by atoms with Crippen molar-refractivity contribution in [1.82, 2.24) is 9.97 Å². The van der Waals surface area contributed by atoms with Gasteiger partial charge in [-0.2, -0.15) is 0 Å². The van der Waals surface area contributed by atoms with Crippen molar-refractivity contribution in [3.8, 4) is 0 Å². The van der Waals surface area contributed by atoms with Crippen molar-refractivity contribution >= 4 is 17.3 Å². The smallest absolute Gasteiger partial charge is 0.136 e. The molecule has 1 heterocycles. The Kier molecular flexibility index (Phi) is 5.81. The topological polar surface area (TPSA) is 41.0 Å². The number of aromatic nitrogens is 2. The number of hydrogen-bond acceptors (Lipinski definition) is 4. The number of nitrogens with zero attached hydrogens (tertiary/aromatic N) is 3. The standard InChI is InChI=1S/C20H30N4/c1-7-8-13-24(6)19-14-18(21-15(2)22-19)23-17-11-9-16(10-12-17)20(3,4)5/h9-12,14H,7-8,13H2,1-6H3,(H,21,22,23). The number of benzene rings is 1. The van der Waals surface area contributed by atoms with E-state index in [-0.39, 0.29) is 5.41 Å². The van der Waals surface area contributed by atoms with Gasteiger partial charge in [-0.3, -0.25) is 0 Å². The molecule has 0 unspecified atom stereocenters. The van der Waals surface area contributed by atoms with E-state index in [0.29, 0.717) is 0 Å². The van der Waals surface area contributed by atoms with Crippen molar-refractivity contribution in [3.05, 3.63) is 41.7 Å². The molecule has 1 aromatic heterocycles. The Morgan fingerprint density at radius 3 is 2.33 bits per heavy atom. The lowest BCUT2D eigenvalue weighted by Crippen LogP contribution is -2.20. The average molecular weight is 326 g/mol. The summed E-state index contributed by atoms with van der Waals surface area (Å²) in [6, 6.07) is 10.6. The van der Waals surface area contributed by atoms with Crippen LogP contribution in [0.15, 0.2) is 30.3 Å². The lowest BCUT2D eigenvalue weighted by molar-refractivity contribution is 0.590. The second-order valence-electron chi connectivity index (χ2n) is 7.39. The van der Waals surface area contributed by atoms with Crippen LogP contribution >= 0.6 is 0 Å². The van der Waals surface area contributed by atoms with Crippen molar-refractivity contribution in [2.24, 2.45) is 0 Å². The molecular weight excluding hydrogens is 296 g/mol. The third-order valence-corrected chi connectivity index (χ3v) is 4.09. The molecule has 4 heteroatoms. The number of unbranched alkanes of at least 4 members (excludes halogenated alkanes) is 1. The van der Waals surface area contributed by atoms with E-state index >= 15 is 0 Å². The first-order valence-electron chi connectivity index (χ1n) is 8.74. The molecule has 1 aromatic carbocycles. The van der Waals surface area contributed by atoms with Crippen LogP contribution in [-0.4, -0.2) is 23.6 Å². The molecule has 0 fully saturated rings. The summed E-state index contributed by atoms with van der Waals surface area (Å²) in [5, 5.41) is 3.40. The SMILES string of the molecule is CCCCN(C)c1cc(Nc2ccc(C(C)(C)C)cc2)nc(C)n1. The minimum atomic E-state index is 0.166. The lowest BCUT2D eigenvalue weighted by atomic mass is 9.87. The normalized spacial score (nSPS) is 11.4. The molecule has 0 spiro atoms. The highest BCUT2D eigenvalue weighted by atomic mass is 15.2. The highest BCUT2D eigenvalue weighted by Gasteiger charge is 2.13. The highest BCUT2D eigenvalue weighted by Crippen LogP contribution is 2.25. The van der Waals surface area contributed by atoms with E-state index in [9.17, 15) is 0 Å². The van der Waals surface area contributed by atoms with Crippen LogP contribution < -0.4 is 10.2 Å². The number of rotatable bonds is 6. The van der Waals surface area contributed by atoms with Crippen molar-refractivity contribution in [2.75, 3.05) is 23.8 Å². The molecule has 0 aliphatic carbocycles. The fourth-order valence-electron chi connectivity index (χ4n) is 2.52. The van der Waals surface area contributed by atoms with E-state index in [1.165, 1.54) is 12.0 Å². The maximum atomic E-state index is 4.55. The van der Waals surface area contributed by atoms with Crippen molar-refractivity contribution in [3.63, 3.8) is 0 Å². The van der Waals surface area contributed by atoms with Crippen molar-refractivity contribution in [1.29, 1.82) is 0 Å². The van der Waals surface area contributed by atoms with Gasteiger partial charge in [0.1, 0.15) is 17.5 Å². The molecular formula is C20H30N4. The van der Waals surface area contributed by atoms with E-state index in [0.717, 1.165) is 36.1 Å².